The van der Waals surface area contributed by atoms with Gasteiger partial charge in [-0.3, -0.25) is 4.98 Å². The number of nitrogens with zero attached hydrogens (tertiary/aromatic N) is 2. The third-order valence-corrected chi connectivity index (χ3v) is 4.16. The molecule has 0 aliphatic carbocycles. The highest BCUT2D eigenvalue weighted by Gasteiger charge is 2.15. The van der Waals surface area contributed by atoms with Gasteiger partial charge in [-0.15, -0.1) is 6.42 Å². The van der Waals surface area contributed by atoms with E-state index in [1.807, 2.05) is 36.5 Å². The SMILES string of the molecule is C#CCn1c(C)c(C)c2ccnc(-c3ccc(Cl)cc3)c21. The van der Waals surface area contributed by atoms with Crippen molar-refractivity contribution < 1.29 is 0 Å². The normalized spacial score (nSPS) is 10.8. The lowest BCUT2D eigenvalue weighted by molar-refractivity contribution is 0.841. The second kappa shape index (κ2) is 5.27. The fourth-order valence-electron chi connectivity index (χ4n) is 2.70. The van der Waals surface area contributed by atoms with Gasteiger partial charge in [-0.25, -0.2) is 0 Å². The minimum Gasteiger partial charge on any atom is -0.331 e. The standard InChI is InChI=1S/C18H15ClN2/c1-4-11-21-13(3)12(2)16-9-10-20-17(18(16)21)14-5-7-15(19)8-6-14/h1,5-10H,11H2,2-3H3. The van der Waals surface area contributed by atoms with E-state index in [-0.39, 0.29) is 0 Å². The first-order valence-corrected chi connectivity index (χ1v) is 7.15. The summed E-state index contributed by atoms with van der Waals surface area (Å²) in [5.41, 5.74) is 5.51. The van der Waals surface area contributed by atoms with Crippen molar-refractivity contribution >= 4 is 22.5 Å². The highest BCUT2D eigenvalue weighted by atomic mass is 35.5. The lowest BCUT2D eigenvalue weighted by atomic mass is 10.1. The maximum Gasteiger partial charge on any atom is 0.0945 e. The first-order valence-electron chi connectivity index (χ1n) is 6.77. The molecule has 0 spiro atoms. The second-order valence-corrected chi connectivity index (χ2v) is 5.50. The molecule has 0 atom stereocenters. The van der Waals surface area contributed by atoms with Crippen LogP contribution in [0.5, 0.6) is 0 Å². The van der Waals surface area contributed by atoms with Gasteiger partial charge < -0.3 is 4.57 Å². The Labute approximate surface area is 129 Å². The number of pyridine rings is 1. The monoisotopic (exact) mass is 294 g/mol. The van der Waals surface area contributed by atoms with Crippen molar-refractivity contribution in [3.8, 4) is 23.6 Å². The number of aromatic nitrogens is 2. The van der Waals surface area contributed by atoms with Crippen molar-refractivity contribution in [2.45, 2.75) is 20.4 Å². The number of terminal acetylenes is 1. The molecule has 0 bridgehead atoms. The molecule has 0 fully saturated rings. The van der Waals surface area contributed by atoms with Crippen molar-refractivity contribution in [2.24, 2.45) is 0 Å². The average molecular weight is 295 g/mol. The summed E-state index contributed by atoms with van der Waals surface area (Å²) in [7, 11) is 0. The van der Waals surface area contributed by atoms with Crippen molar-refractivity contribution in [2.75, 3.05) is 0 Å². The first-order chi connectivity index (χ1) is 10.1. The maximum atomic E-state index is 5.98. The van der Waals surface area contributed by atoms with Crippen LogP contribution in [-0.2, 0) is 6.54 Å². The number of aryl methyl sites for hydroxylation is 1. The fourth-order valence-corrected chi connectivity index (χ4v) is 2.83. The molecule has 0 radical (unpaired) electrons. The molecule has 3 heteroatoms. The summed E-state index contributed by atoms with van der Waals surface area (Å²) < 4.78 is 2.15. The topological polar surface area (TPSA) is 17.8 Å². The first kappa shape index (κ1) is 13.7. The lowest BCUT2D eigenvalue weighted by Crippen LogP contribution is -2.00. The van der Waals surface area contributed by atoms with Crippen molar-refractivity contribution in [3.05, 3.63) is 52.8 Å². The fraction of sp³-hybridized carbons (Fsp3) is 0.167. The highest BCUT2D eigenvalue weighted by Crippen LogP contribution is 2.32. The smallest absolute Gasteiger partial charge is 0.0945 e. The molecule has 0 aliphatic rings. The second-order valence-electron chi connectivity index (χ2n) is 5.06. The average Bonchev–Trinajstić information content (AvgIpc) is 2.74. The molecular formula is C18H15ClN2. The summed E-state index contributed by atoms with van der Waals surface area (Å²) in [4.78, 5) is 4.57. The van der Waals surface area contributed by atoms with Crippen LogP contribution in [0, 0.1) is 26.2 Å². The van der Waals surface area contributed by atoms with Gasteiger partial charge in [-0.05, 0) is 37.6 Å². The molecule has 3 rings (SSSR count). The predicted molar refractivity (Wildman–Crippen MR) is 88.5 cm³/mol. The van der Waals surface area contributed by atoms with E-state index in [2.05, 4.69) is 29.3 Å². The zero-order valence-corrected chi connectivity index (χ0v) is 12.8. The number of hydrogen-bond acceptors (Lipinski definition) is 1. The summed E-state index contributed by atoms with van der Waals surface area (Å²) >= 11 is 5.98. The van der Waals surface area contributed by atoms with E-state index in [1.165, 1.54) is 16.6 Å². The molecule has 104 valence electrons. The molecule has 0 unspecified atom stereocenters. The minimum atomic E-state index is 0.544. The molecule has 2 heterocycles. The van der Waals surface area contributed by atoms with Gasteiger partial charge in [-0.1, -0.05) is 29.7 Å². The zero-order valence-electron chi connectivity index (χ0n) is 12.0. The molecule has 1 aromatic carbocycles. The van der Waals surface area contributed by atoms with Crippen LogP contribution in [0.1, 0.15) is 11.3 Å². The molecule has 0 aliphatic heterocycles. The van der Waals surface area contributed by atoms with E-state index < -0.39 is 0 Å². The number of benzene rings is 1. The molecular weight excluding hydrogens is 280 g/mol. The molecule has 0 N–H and O–H groups in total. The van der Waals surface area contributed by atoms with Crippen LogP contribution >= 0.6 is 11.6 Å². The molecule has 0 saturated heterocycles. The molecule has 0 saturated carbocycles. The predicted octanol–water partition coefficient (Wildman–Crippen LogP) is 4.61. The minimum absolute atomic E-state index is 0.544. The van der Waals surface area contributed by atoms with Crippen molar-refractivity contribution in [1.29, 1.82) is 0 Å². The van der Waals surface area contributed by atoms with E-state index in [0.29, 0.717) is 6.54 Å². The summed E-state index contributed by atoms with van der Waals surface area (Å²) in [5, 5.41) is 1.92. The molecule has 0 amide bonds. The Bertz CT molecular complexity index is 852. The van der Waals surface area contributed by atoms with E-state index >= 15 is 0 Å². The quantitative estimate of drug-likeness (QED) is 0.631. The van der Waals surface area contributed by atoms with Gasteiger partial charge in [-0.2, -0.15) is 0 Å². The van der Waals surface area contributed by atoms with Crippen LogP contribution < -0.4 is 0 Å². The number of fused-ring (bicyclic) bond motifs is 1. The Morgan fingerprint density at radius 1 is 1.19 bits per heavy atom. The summed E-state index contributed by atoms with van der Waals surface area (Å²) in [6, 6.07) is 9.78. The molecule has 3 aromatic rings. The van der Waals surface area contributed by atoms with Crippen LogP contribution in [0.25, 0.3) is 22.2 Å². The number of halogens is 1. The maximum absolute atomic E-state index is 5.98. The molecule has 2 aromatic heterocycles. The molecule has 21 heavy (non-hydrogen) atoms. The highest BCUT2D eigenvalue weighted by molar-refractivity contribution is 6.30. The Kier molecular flexibility index (Phi) is 3.45. The Hall–Kier alpha value is -2.24. The summed E-state index contributed by atoms with van der Waals surface area (Å²) in [5.74, 6) is 2.73. The summed E-state index contributed by atoms with van der Waals surface area (Å²) in [6.07, 6.45) is 7.38. The molecule has 2 nitrogen and oxygen atoms in total. The van der Waals surface area contributed by atoms with Gasteiger partial charge in [0.1, 0.15) is 0 Å². The van der Waals surface area contributed by atoms with Crippen molar-refractivity contribution in [3.63, 3.8) is 0 Å². The van der Waals surface area contributed by atoms with Gasteiger partial charge in [0.15, 0.2) is 0 Å². The van der Waals surface area contributed by atoms with Crippen molar-refractivity contribution in [1.82, 2.24) is 9.55 Å². The van der Waals surface area contributed by atoms with Gasteiger partial charge in [0.05, 0.1) is 17.8 Å². The van der Waals surface area contributed by atoms with Crippen LogP contribution in [0.4, 0.5) is 0 Å². The van der Waals surface area contributed by atoms with Gasteiger partial charge in [0.2, 0.25) is 0 Å². The zero-order chi connectivity index (χ0) is 15.0. The van der Waals surface area contributed by atoms with Crippen LogP contribution in [0.3, 0.4) is 0 Å². The van der Waals surface area contributed by atoms with Crippen LogP contribution in [-0.4, -0.2) is 9.55 Å². The Morgan fingerprint density at radius 3 is 2.57 bits per heavy atom. The summed E-state index contributed by atoms with van der Waals surface area (Å²) in [6.45, 7) is 4.76. The van der Waals surface area contributed by atoms with Crippen LogP contribution in [0.15, 0.2) is 36.5 Å². The van der Waals surface area contributed by atoms with E-state index in [1.54, 1.807) is 0 Å². The number of hydrogen-bond donors (Lipinski definition) is 0. The van der Waals surface area contributed by atoms with E-state index in [9.17, 15) is 0 Å². The van der Waals surface area contributed by atoms with E-state index in [0.717, 1.165) is 21.8 Å². The number of rotatable bonds is 2. The van der Waals surface area contributed by atoms with Gasteiger partial charge >= 0.3 is 0 Å². The van der Waals surface area contributed by atoms with Crippen LogP contribution in [0.2, 0.25) is 5.02 Å². The Balaban J connectivity index is 2.36. The third kappa shape index (κ3) is 2.20. The van der Waals surface area contributed by atoms with E-state index in [4.69, 9.17) is 18.0 Å². The van der Waals surface area contributed by atoms with Gasteiger partial charge in [0, 0.05) is 27.9 Å². The lowest BCUT2D eigenvalue weighted by Gasteiger charge is -2.08. The third-order valence-electron chi connectivity index (χ3n) is 3.91. The van der Waals surface area contributed by atoms with Gasteiger partial charge in [0.25, 0.3) is 0 Å². The largest absolute Gasteiger partial charge is 0.331 e. The Morgan fingerprint density at radius 2 is 1.90 bits per heavy atom.